The van der Waals surface area contributed by atoms with Crippen molar-refractivity contribution >= 4 is 22.7 Å². The van der Waals surface area contributed by atoms with E-state index < -0.39 is 5.97 Å². The van der Waals surface area contributed by atoms with Gasteiger partial charge in [0.1, 0.15) is 12.2 Å². The van der Waals surface area contributed by atoms with E-state index in [9.17, 15) is 9.59 Å². The standard InChI is InChI=1S/C14H12N2O4/c1-2-19-12(17)7-9-8-16-13(18)10-5-3-4-6-11(10)15-14(16)20-9/h3-6,8H,2,7H2,1H3. The van der Waals surface area contributed by atoms with Crippen LogP contribution in [0.3, 0.4) is 0 Å². The quantitative estimate of drug-likeness (QED) is 0.676. The molecule has 0 unspecified atom stereocenters. The number of carbonyl (C=O) groups excluding carboxylic acids is 1. The zero-order valence-corrected chi connectivity index (χ0v) is 10.8. The Kier molecular flexibility index (Phi) is 2.98. The summed E-state index contributed by atoms with van der Waals surface area (Å²) in [7, 11) is 0. The maximum absolute atomic E-state index is 12.3. The molecule has 20 heavy (non-hydrogen) atoms. The predicted octanol–water partition coefficient (Wildman–Crippen LogP) is 1.55. The van der Waals surface area contributed by atoms with Crippen LogP contribution in [0.1, 0.15) is 12.7 Å². The molecule has 0 saturated carbocycles. The maximum atomic E-state index is 12.3. The number of aromatic nitrogens is 2. The summed E-state index contributed by atoms with van der Waals surface area (Å²) in [5.74, 6) is 0.125. The van der Waals surface area contributed by atoms with Gasteiger partial charge in [-0.05, 0) is 19.1 Å². The first-order valence-corrected chi connectivity index (χ1v) is 6.24. The Bertz CT molecular complexity index is 847. The number of benzene rings is 1. The molecule has 0 radical (unpaired) electrons. The molecule has 0 saturated heterocycles. The summed E-state index contributed by atoms with van der Waals surface area (Å²) in [6.07, 6.45) is 1.46. The Hall–Kier alpha value is -2.63. The van der Waals surface area contributed by atoms with E-state index in [-0.39, 0.29) is 17.8 Å². The first kappa shape index (κ1) is 12.4. The molecule has 2 heterocycles. The van der Waals surface area contributed by atoms with E-state index >= 15 is 0 Å². The van der Waals surface area contributed by atoms with Gasteiger partial charge in [0.2, 0.25) is 0 Å². The molecule has 0 bridgehead atoms. The molecule has 1 aromatic carbocycles. The third kappa shape index (κ3) is 2.05. The van der Waals surface area contributed by atoms with Gasteiger partial charge in [-0.2, -0.15) is 4.98 Å². The Balaban J connectivity index is 2.11. The molecule has 0 N–H and O–H groups in total. The van der Waals surface area contributed by atoms with Crippen LogP contribution < -0.4 is 5.56 Å². The van der Waals surface area contributed by atoms with Crippen molar-refractivity contribution in [3.05, 3.63) is 46.6 Å². The summed E-state index contributed by atoms with van der Waals surface area (Å²) in [5, 5.41) is 0.508. The molecule has 2 aromatic heterocycles. The summed E-state index contributed by atoms with van der Waals surface area (Å²) in [4.78, 5) is 27.9. The van der Waals surface area contributed by atoms with Crippen LogP contribution in [-0.2, 0) is 16.0 Å². The molecule has 0 aliphatic carbocycles. The highest BCUT2D eigenvalue weighted by molar-refractivity contribution is 5.78. The smallest absolute Gasteiger partial charge is 0.313 e. The molecule has 0 amide bonds. The van der Waals surface area contributed by atoms with E-state index in [4.69, 9.17) is 9.15 Å². The fourth-order valence-electron chi connectivity index (χ4n) is 2.03. The van der Waals surface area contributed by atoms with E-state index in [1.165, 1.54) is 10.6 Å². The maximum Gasteiger partial charge on any atom is 0.313 e. The van der Waals surface area contributed by atoms with Crippen LogP contribution in [0.5, 0.6) is 0 Å². The molecule has 6 heteroatoms. The van der Waals surface area contributed by atoms with E-state index in [0.717, 1.165) is 0 Å². The van der Waals surface area contributed by atoms with Gasteiger partial charge in [0.05, 0.1) is 23.7 Å². The number of para-hydroxylation sites is 1. The number of nitrogens with zero attached hydrogens (tertiary/aromatic N) is 2. The van der Waals surface area contributed by atoms with Gasteiger partial charge in [-0.25, -0.2) is 4.40 Å². The number of hydrogen-bond acceptors (Lipinski definition) is 5. The van der Waals surface area contributed by atoms with Crippen molar-refractivity contribution in [3.63, 3.8) is 0 Å². The molecule has 0 aliphatic heterocycles. The van der Waals surface area contributed by atoms with Crippen LogP contribution in [0.25, 0.3) is 16.7 Å². The van der Waals surface area contributed by atoms with Gasteiger partial charge < -0.3 is 9.15 Å². The normalized spacial score (nSPS) is 11.1. The van der Waals surface area contributed by atoms with E-state index in [2.05, 4.69) is 4.98 Å². The molecule has 102 valence electrons. The minimum absolute atomic E-state index is 0.0208. The third-order valence-corrected chi connectivity index (χ3v) is 2.89. The number of rotatable bonds is 3. The Labute approximate surface area is 113 Å². The number of oxazole rings is 1. The van der Waals surface area contributed by atoms with Crippen LogP contribution in [0.2, 0.25) is 0 Å². The van der Waals surface area contributed by atoms with E-state index in [0.29, 0.717) is 23.3 Å². The van der Waals surface area contributed by atoms with E-state index in [1.807, 2.05) is 0 Å². The van der Waals surface area contributed by atoms with Crippen LogP contribution in [0.15, 0.2) is 39.7 Å². The molecule has 0 atom stereocenters. The topological polar surface area (TPSA) is 73.8 Å². The Morgan fingerprint density at radius 1 is 1.40 bits per heavy atom. The highest BCUT2D eigenvalue weighted by atomic mass is 16.5. The second-order valence-corrected chi connectivity index (χ2v) is 4.27. The van der Waals surface area contributed by atoms with Crippen molar-refractivity contribution < 1.29 is 13.9 Å². The number of hydrogen-bond donors (Lipinski definition) is 0. The number of carbonyl (C=O) groups is 1. The average Bonchev–Trinajstić information content (AvgIpc) is 2.82. The lowest BCUT2D eigenvalue weighted by atomic mass is 10.2. The SMILES string of the molecule is CCOC(=O)Cc1cn2c(=O)c3ccccc3nc2o1. The summed E-state index contributed by atoms with van der Waals surface area (Å²) >= 11 is 0. The van der Waals surface area contributed by atoms with Gasteiger partial charge in [0.15, 0.2) is 0 Å². The molecular weight excluding hydrogens is 260 g/mol. The monoisotopic (exact) mass is 272 g/mol. The summed E-state index contributed by atoms with van der Waals surface area (Å²) in [6, 6.07) is 7.02. The van der Waals surface area contributed by atoms with Gasteiger partial charge in [-0.15, -0.1) is 0 Å². The first-order chi connectivity index (χ1) is 9.69. The largest absolute Gasteiger partial charge is 0.466 e. The highest BCUT2D eigenvalue weighted by Gasteiger charge is 2.13. The lowest BCUT2D eigenvalue weighted by Crippen LogP contribution is -2.12. The lowest BCUT2D eigenvalue weighted by molar-refractivity contribution is -0.142. The minimum Gasteiger partial charge on any atom is -0.466 e. The number of ether oxygens (including phenoxy) is 1. The molecule has 0 fully saturated rings. The number of esters is 1. The third-order valence-electron chi connectivity index (χ3n) is 2.89. The van der Waals surface area contributed by atoms with Crippen molar-refractivity contribution in [2.75, 3.05) is 6.61 Å². The average molecular weight is 272 g/mol. The predicted molar refractivity (Wildman–Crippen MR) is 71.6 cm³/mol. The highest BCUT2D eigenvalue weighted by Crippen LogP contribution is 2.12. The first-order valence-electron chi connectivity index (χ1n) is 6.24. The van der Waals surface area contributed by atoms with Crippen LogP contribution in [0, 0.1) is 0 Å². The molecule has 3 aromatic rings. The minimum atomic E-state index is -0.399. The van der Waals surface area contributed by atoms with Gasteiger partial charge in [-0.3, -0.25) is 9.59 Å². The molecule has 0 aliphatic rings. The van der Waals surface area contributed by atoms with Crippen LogP contribution in [-0.4, -0.2) is 22.0 Å². The molecule has 6 nitrogen and oxygen atoms in total. The molecular formula is C14H12N2O4. The summed E-state index contributed by atoms with van der Waals surface area (Å²) in [6.45, 7) is 2.04. The second kappa shape index (κ2) is 4.80. The Morgan fingerprint density at radius 2 is 2.20 bits per heavy atom. The van der Waals surface area contributed by atoms with Gasteiger partial charge in [-0.1, -0.05) is 12.1 Å². The van der Waals surface area contributed by atoms with Crippen molar-refractivity contribution in [1.82, 2.24) is 9.38 Å². The van der Waals surface area contributed by atoms with E-state index in [1.54, 1.807) is 31.2 Å². The lowest BCUT2D eigenvalue weighted by Gasteiger charge is -1.97. The van der Waals surface area contributed by atoms with Crippen molar-refractivity contribution in [2.45, 2.75) is 13.3 Å². The van der Waals surface area contributed by atoms with Gasteiger partial charge in [0.25, 0.3) is 5.56 Å². The van der Waals surface area contributed by atoms with Crippen molar-refractivity contribution in [2.24, 2.45) is 0 Å². The zero-order chi connectivity index (χ0) is 14.1. The molecule has 0 spiro atoms. The number of fused-ring (bicyclic) bond motifs is 2. The fraction of sp³-hybridized carbons (Fsp3) is 0.214. The Morgan fingerprint density at radius 3 is 3.00 bits per heavy atom. The summed E-state index contributed by atoms with van der Waals surface area (Å²) < 4.78 is 11.6. The van der Waals surface area contributed by atoms with Crippen LogP contribution in [0.4, 0.5) is 0 Å². The fourth-order valence-corrected chi connectivity index (χ4v) is 2.03. The zero-order valence-electron chi connectivity index (χ0n) is 10.8. The second-order valence-electron chi connectivity index (χ2n) is 4.27. The van der Waals surface area contributed by atoms with Gasteiger partial charge in [0, 0.05) is 0 Å². The van der Waals surface area contributed by atoms with Crippen LogP contribution >= 0.6 is 0 Å². The van der Waals surface area contributed by atoms with Crippen molar-refractivity contribution in [3.8, 4) is 0 Å². The van der Waals surface area contributed by atoms with Gasteiger partial charge >= 0.3 is 11.8 Å². The summed E-state index contributed by atoms with van der Waals surface area (Å²) in [5.41, 5.74) is 0.346. The van der Waals surface area contributed by atoms with Crippen molar-refractivity contribution in [1.29, 1.82) is 0 Å². The molecule has 3 rings (SSSR count).